The van der Waals surface area contributed by atoms with E-state index >= 15 is 0 Å². The van der Waals surface area contributed by atoms with Crippen molar-refractivity contribution in [1.29, 1.82) is 0 Å². The summed E-state index contributed by atoms with van der Waals surface area (Å²) in [6, 6.07) is 11.1. The molecule has 5 heteroatoms. The van der Waals surface area contributed by atoms with Crippen LogP contribution in [0.25, 0.3) is 0 Å². The van der Waals surface area contributed by atoms with Crippen molar-refractivity contribution in [2.75, 3.05) is 12.9 Å². The molecule has 0 N–H and O–H groups in total. The molecule has 156 valence electrons. The Balaban J connectivity index is 1.65. The van der Waals surface area contributed by atoms with Crippen LogP contribution >= 0.6 is 11.8 Å². The van der Waals surface area contributed by atoms with Crippen molar-refractivity contribution in [2.45, 2.75) is 49.3 Å². The van der Waals surface area contributed by atoms with Crippen LogP contribution in [0.5, 0.6) is 0 Å². The first-order valence-corrected chi connectivity index (χ1v) is 11.3. The Labute approximate surface area is 181 Å². The molecular weight excluding hydrogens is 396 g/mol. The molecule has 0 radical (unpaired) electrons. The number of ether oxygens (including phenoxy) is 1. The second-order valence-electron chi connectivity index (χ2n) is 8.77. The van der Waals surface area contributed by atoms with Gasteiger partial charge in [-0.15, -0.1) is 11.8 Å². The Bertz CT molecular complexity index is 1010. The molecule has 0 saturated carbocycles. The standard InChI is InChI=1S/C25H26O4S/c1-25(2)10-11-30-22-13-19-17(12-21(22)25)8-9-18(23(19)27)20(14-26)15-4-6-16(7-5-15)24(28)29-3/h4-7,12-14,18,20H,8-11H2,1-3H3. The molecule has 4 nitrogen and oxygen atoms in total. The van der Waals surface area contributed by atoms with Crippen molar-refractivity contribution in [2.24, 2.45) is 5.92 Å². The predicted molar refractivity (Wildman–Crippen MR) is 118 cm³/mol. The molecule has 2 unspecified atom stereocenters. The van der Waals surface area contributed by atoms with Crippen LogP contribution in [0, 0.1) is 5.92 Å². The number of aldehydes is 1. The second kappa shape index (κ2) is 8.03. The predicted octanol–water partition coefficient (Wildman–Crippen LogP) is 4.97. The maximum absolute atomic E-state index is 13.4. The van der Waals surface area contributed by atoms with Gasteiger partial charge in [0.05, 0.1) is 12.7 Å². The number of carbonyl (C=O) groups is 3. The van der Waals surface area contributed by atoms with E-state index in [-0.39, 0.29) is 17.1 Å². The van der Waals surface area contributed by atoms with Gasteiger partial charge in [-0.25, -0.2) is 4.79 Å². The fourth-order valence-electron chi connectivity index (χ4n) is 4.61. The Hall–Kier alpha value is -2.40. The first-order chi connectivity index (χ1) is 14.4. The van der Waals surface area contributed by atoms with E-state index in [1.807, 2.05) is 11.8 Å². The lowest BCUT2D eigenvalue weighted by Crippen LogP contribution is -2.30. The Morgan fingerprint density at radius 3 is 2.63 bits per heavy atom. The van der Waals surface area contributed by atoms with Crippen molar-refractivity contribution in [1.82, 2.24) is 0 Å². The molecule has 0 fully saturated rings. The Kier molecular flexibility index (Phi) is 5.58. The lowest BCUT2D eigenvalue weighted by atomic mass is 9.72. The molecule has 2 aromatic rings. The molecular formula is C25H26O4S. The summed E-state index contributed by atoms with van der Waals surface area (Å²) in [4.78, 5) is 38.3. The maximum Gasteiger partial charge on any atom is 0.337 e. The number of ketones is 1. The quantitative estimate of drug-likeness (QED) is 0.514. The monoisotopic (exact) mass is 422 g/mol. The number of thioether (sulfide) groups is 1. The third kappa shape index (κ3) is 3.60. The topological polar surface area (TPSA) is 60.4 Å². The summed E-state index contributed by atoms with van der Waals surface area (Å²) in [5, 5.41) is 0. The van der Waals surface area contributed by atoms with Gasteiger partial charge >= 0.3 is 5.97 Å². The van der Waals surface area contributed by atoms with Gasteiger partial charge in [-0.1, -0.05) is 32.0 Å². The largest absolute Gasteiger partial charge is 0.465 e. The van der Waals surface area contributed by atoms with Gasteiger partial charge < -0.3 is 9.53 Å². The van der Waals surface area contributed by atoms with E-state index in [2.05, 4.69) is 26.0 Å². The molecule has 0 saturated heterocycles. The molecule has 2 aliphatic rings. The van der Waals surface area contributed by atoms with E-state index in [0.29, 0.717) is 12.0 Å². The third-order valence-corrected chi connectivity index (χ3v) is 7.60. The zero-order chi connectivity index (χ0) is 21.5. The van der Waals surface area contributed by atoms with Crippen molar-refractivity contribution in [3.8, 4) is 0 Å². The van der Waals surface area contributed by atoms with E-state index in [0.717, 1.165) is 41.6 Å². The van der Waals surface area contributed by atoms with Gasteiger partial charge in [0, 0.05) is 22.3 Å². The van der Waals surface area contributed by atoms with E-state index in [1.54, 1.807) is 24.3 Å². The number of benzene rings is 2. The molecule has 2 aromatic carbocycles. The zero-order valence-corrected chi connectivity index (χ0v) is 18.4. The molecule has 0 amide bonds. The summed E-state index contributed by atoms with van der Waals surface area (Å²) < 4.78 is 4.73. The average Bonchev–Trinajstić information content (AvgIpc) is 2.75. The summed E-state index contributed by atoms with van der Waals surface area (Å²) in [5.74, 6) is -0.203. The van der Waals surface area contributed by atoms with Gasteiger partial charge in [0.15, 0.2) is 5.78 Å². The SMILES string of the molecule is COC(=O)c1ccc(C(C=O)C2CCc3cc4c(cc3C2=O)SCCC4(C)C)cc1. The zero-order valence-electron chi connectivity index (χ0n) is 17.6. The summed E-state index contributed by atoms with van der Waals surface area (Å²) >= 11 is 1.82. The van der Waals surface area contributed by atoms with E-state index in [4.69, 9.17) is 4.74 Å². The fraction of sp³-hybridized carbons (Fsp3) is 0.400. The van der Waals surface area contributed by atoms with Crippen LogP contribution in [-0.2, 0) is 21.4 Å². The Morgan fingerprint density at radius 1 is 1.23 bits per heavy atom. The number of esters is 1. The number of hydrogen-bond acceptors (Lipinski definition) is 5. The third-order valence-electron chi connectivity index (χ3n) is 6.54. The molecule has 1 aliphatic heterocycles. The van der Waals surface area contributed by atoms with E-state index < -0.39 is 11.9 Å². The first kappa shape index (κ1) is 20.9. The molecule has 0 bridgehead atoms. The summed E-state index contributed by atoms with van der Waals surface area (Å²) in [6.07, 6.45) is 3.45. The molecule has 30 heavy (non-hydrogen) atoms. The summed E-state index contributed by atoms with van der Waals surface area (Å²) in [6.45, 7) is 4.54. The van der Waals surface area contributed by atoms with Crippen LogP contribution in [0.2, 0.25) is 0 Å². The number of Topliss-reactive ketones (excluding diaryl/α,β-unsaturated/α-hetero) is 1. The van der Waals surface area contributed by atoms with Crippen LogP contribution in [0.15, 0.2) is 41.3 Å². The highest BCUT2D eigenvalue weighted by atomic mass is 32.2. The lowest BCUT2D eigenvalue weighted by molar-refractivity contribution is -0.109. The van der Waals surface area contributed by atoms with Gasteiger partial charge in [0.1, 0.15) is 6.29 Å². The Morgan fingerprint density at radius 2 is 1.97 bits per heavy atom. The van der Waals surface area contributed by atoms with Crippen LogP contribution in [0.1, 0.15) is 70.0 Å². The molecule has 0 aromatic heterocycles. The summed E-state index contributed by atoms with van der Waals surface area (Å²) in [5.41, 5.74) is 4.53. The summed E-state index contributed by atoms with van der Waals surface area (Å²) in [7, 11) is 1.33. The number of rotatable bonds is 4. The van der Waals surface area contributed by atoms with Crippen molar-refractivity contribution >= 4 is 29.8 Å². The molecule has 1 heterocycles. The molecule has 0 spiro atoms. The lowest BCUT2D eigenvalue weighted by Gasteiger charge is -2.35. The molecule has 4 rings (SSSR count). The number of aryl methyl sites for hydroxylation is 1. The second-order valence-corrected chi connectivity index (χ2v) is 9.91. The van der Waals surface area contributed by atoms with Crippen molar-refractivity contribution in [3.63, 3.8) is 0 Å². The van der Waals surface area contributed by atoms with Gasteiger partial charge in [-0.2, -0.15) is 0 Å². The number of hydrogen-bond donors (Lipinski definition) is 0. The highest BCUT2D eigenvalue weighted by molar-refractivity contribution is 7.99. The van der Waals surface area contributed by atoms with Gasteiger partial charge in [-0.3, -0.25) is 4.79 Å². The molecule has 1 aliphatic carbocycles. The number of fused-ring (bicyclic) bond motifs is 2. The minimum Gasteiger partial charge on any atom is -0.465 e. The fourth-order valence-corrected chi connectivity index (χ4v) is 6.13. The first-order valence-electron chi connectivity index (χ1n) is 10.3. The van der Waals surface area contributed by atoms with Gasteiger partial charge in [0.2, 0.25) is 0 Å². The van der Waals surface area contributed by atoms with E-state index in [9.17, 15) is 14.4 Å². The van der Waals surface area contributed by atoms with Crippen molar-refractivity contribution < 1.29 is 19.1 Å². The van der Waals surface area contributed by atoms with Gasteiger partial charge in [-0.05, 0) is 65.3 Å². The number of methoxy groups -OCH3 is 1. The number of carbonyl (C=O) groups excluding carboxylic acids is 3. The smallest absolute Gasteiger partial charge is 0.337 e. The normalized spacial score (nSPS) is 20.6. The molecule has 2 atom stereocenters. The van der Waals surface area contributed by atoms with Crippen LogP contribution in [-0.4, -0.2) is 30.9 Å². The van der Waals surface area contributed by atoms with Crippen molar-refractivity contribution in [3.05, 3.63) is 64.2 Å². The van der Waals surface area contributed by atoms with Crippen LogP contribution in [0.4, 0.5) is 0 Å². The van der Waals surface area contributed by atoms with E-state index in [1.165, 1.54) is 17.6 Å². The van der Waals surface area contributed by atoms with Crippen LogP contribution < -0.4 is 0 Å². The highest BCUT2D eigenvalue weighted by Gasteiger charge is 2.37. The average molecular weight is 423 g/mol. The minimum absolute atomic E-state index is 0.0529. The maximum atomic E-state index is 13.4. The minimum atomic E-state index is -0.516. The van der Waals surface area contributed by atoms with Gasteiger partial charge in [0.25, 0.3) is 0 Å². The highest BCUT2D eigenvalue weighted by Crippen LogP contribution is 2.45. The van der Waals surface area contributed by atoms with Crippen LogP contribution in [0.3, 0.4) is 0 Å².